The predicted molar refractivity (Wildman–Crippen MR) is 165 cm³/mol. The number of ether oxygens (including phenoxy) is 3. The average molecular weight is 587 g/mol. The van der Waals surface area contributed by atoms with E-state index >= 15 is 0 Å². The summed E-state index contributed by atoms with van der Waals surface area (Å²) in [4.78, 5) is 33.5. The highest BCUT2D eigenvalue weighted by atomic mass is 32.1. The average Bonchev–Trinajstić information content (AvgIpc) is 3.53. The molecular formula is C33H34N2O6S. The van der Waals surface area contributed by atoms with Crippen LogP contribution in [0.1, 0.15) is 54.5 Å². The Labute approximate surface area is 249 Å². The van der Waals surface area contributed by atoms with Gasteiger partial charge in [-0.2, -0.15) is 0 Å². The van der Waals surface area contributed by atoms with Gasteiger partial charge in [-0.25, -0.2) is 4.98 Å². The van der Waals surface area contributed by atoms with E-state index < -0.39 is 17.7 Å². The third-order valence-electron chi connectivity index (χ3n) is 7.39. The van der Waals surface area contributed by atoms with Crippen molar-refractivity contribution < 1.29 is 28.9 Å². The van der Waals surface area contributed by atoms with Crippen molar-refractivity contribution in [2.45, 2.75) is 46.1 Å². The lowest BCUT2D eigenvalue weighted by molar-refractivity contribution is -0.132. The zero-order valence-corrected chi connectivity index (χ0v) is 25.2. The van der Waals surface area contributed by atoms with Gasteiger partial charge >= 0.3 is 5.91 Å². The topological polar surface area (TPSA) is 98.2 Å². The first-order valence-corrected chi connectivity index (χ1v) is 14.7. The smallest absolute Gasteiger partial charge is 0.301 e. The summed E-state index contributed by atoms with van der Waals surface area (Å²) in [7, 11) is 3.13. The number of aliphatic hydroxyl groups excluding tert-OH is 1. The third-order valence-corrected chi connectivity index (χ3v) is 8.41. The van der Waals surface area contributed by atoms with Crippen molar-refractivity contribution in [3.63, 3.8) is 0 Å². The van der Waals surface area contributed by atoms with E-state index in [0.717, 1.165) is 35.1 Å². The number of aromatic nitrogens is 1. The Morgan fingerprint density at radius 3 is 2.52 bits per heavy atom. The highest BCUT2D eigenvalue weighted by Crippen LogP contribution is 2.46. The molecule has 1 aliphatic rings. The molecule has 0 spiro atoms. The number of benzene rings is 3. The van der Waals surface area contributed by atoms with Gasteiger partial charge in [0.25, 0.3) is 5.78 Å². The molecule has 1 saturated heterocycles. The lowest BCUT2D eigenvalue weighted by atomic mass is 9.93. The van der Waals surface area contributed by atoms with E-state index in [2.05, 4.69) is 6.92 Å². The summed E-state index contributed by atoms with van der Waals surface area (Å²) < 4.78 is 17.8. The van der Waals surface area contributed by atoms with Gasteiger partial charge in [0, 0.05) is 5.56 Å². The number of aryl methyl sites for hydroxylation is 2. The number of Topliss-reactive ketones (excluding diaryl/α,β-unsaturated/α-hetero) is 1. The highest BCUT2D eigenvalue weighted by molar-refractivity contribution is 7.22. The number of amides is 1. The molecule has 2 heterocycles. The second kappa shape index (κ2) is 12.2. The fourth-order valence-corrected chi connectivity index (χ4v) is 6.13. The number of fused-ring (bicyclic) bond motifs is 1. The maximum absolute atomic E-state index is 13.7. The predicted octanol–water partition coefficient (Wildman–Crippen LogP) is 7.13. The lowest BCUT2D eigenvalue weighted by Gasteiger charge is -2.24. The standard InChI is InChI=1S/C33H34N2O6S/c1-6-7-8-15-41-25-14-11-21(17-26(25)40-5)29-28(30(36)23-16-19(2)9-10-20(23)3)31(37)32(38)35(29)33-34-24-13-12-22(39-4)18-27(24)42-33/h9-14,16-18,29,36H,6-8,15H2,1-5H3. The van der Waals surface area contributed by atoms with Crippen molar-refractivity contribution in [1.82, 2.24) is 4.98 Å². The van der Waals surface area contributed by atoms with Gasteiger partial charge in [-0.3, -0.25) is 14.5 Å². The van der Waals surface area contributed by atoms with Gasteiger partial charge in [0.15, 0.2) is 16.6 Å². The summed E-state index contributed by atoms with van der Waals surface area (Å²) in [6.45, 7) is 6.44. The molecule has 1 amide bonds. The number of hydrogen-bond donors (Lipinski definition) is 1. The molecule has 42 heavy (non-hydrogen) atoms. The molecule has 1 atom stereocenters. The quantitative estimate of drug-likeness (QED) is 0.0914. The first-order chi connectivity index (χ1) is 20.3. The summed E-state index contributed by atoms with van der Waals surface area (Å²) in [5.74, 6) is -0.0914. The van der Waals surface area contributed by atoms with Crippen LogP contribution in [-0.4, -0.2) is 42.6 Å². The van der Waals surface area contributed by atoms with Crippen LogP contribution < -0.4 is 19.1 Å². The van der Waals surface area contributed by atoms with Crippen molar-refractivity contribution in [3.05, 3.63) is 82.4 Å². The maximum atomic E-state index is 13.7. The minimum atomic E-state index is -0.949. The first-order valence-electron chi connectivity index (χ1n) is 13.9. The van der Waals surface area contributed by atoms with E-state index in [1.165, 1.54) is 16.2 Å². The van der Waals surface area contributed by atoms with Crippen LogP contribution in [0.4, 0.5) is 5.13 Å². The molecule has 1 aromatic heterocycles. The second-order valence-electron chi connectivity index (χ2n) is 10.3. The third kappa shape index (κ3) is 5.44. The Balaban J connectivity index is 1.68. The summed E-state index contributed by atoms with van der Waals surface area (Å²) in [6.07, 6.45) is 3.05. The largest absolute Gasteiger partial charge is 0.507 e. The molecule has 4 aromatic rings. The number of ketones is 1. The Bertz CT molecular complexity index is 1690. The number of thiazole rings is 1. The molecule has 218 valence electrons. The van der Waals surface area contributed by atoms with E-state index in [0.29, 0.717) is 45.6 Å². The van der Waals surface area contributed by atoms with Crippen molar-refractivity contribution in [1.29, 1.82) is 0 Å². The van der Waals surface area contributed by atoms with E-state index in [9.17, 15) is 14.7 Å². The minimum absolute atomic E-state index is 0.01000. The summed E-state index contributed by atoms with van der Waals surface area (Å²) >= 11 is 1.27. The fourth-order valence-electron chi connectivity index (χ4n) is 5.11. The van der Waals surface area contributed by atoms with Crippen molar-refractivity contribution in [3.8, 4) is 17.2 Å². The number of aliphatic hydroxyl groups is 1. The van der Waals surface area contributed by atoms with Crippen LogP contribution in [0.3, 0.4) is 0 Å². The zero-order chi connectivity index (χ0) is 30.0. The van der Waals surface area contributed by atoms with E-state index in [4.69, 9.17) is 19.2 Å². The Kier molecular flexibility index (Phi) is 8.49. The van der Waals surface area contributed by atoms with Crippen LogP contribution in [0.15, 0.2) is 60.2 Å². The SMILES string of the molecule is CCCCCOc1ccc(C2C(=C(O)c3cc(C)ccc3C)C(=O)C(=O)N2c2nc3ccc(OC)cc3s2)cc1OC. The van der Waals surface area contributed by atoms with Crippen LogP contribution in [0.2, 0.25) is 0 Å². The molecule has 3 aromatic carbocycles. The molecule has 9 heteroatoms. The van der Waals surface area contributed by atoms with Gasteiger partial charge < -0.3 is 19.3 Å². The molecule has 1 N–H and O–H groups in total. The molecule has 0 radical (unpaired) electrons. The number of hydrogen-bond acceptors (Lipinski definition) is 8. The highest BCUT2D eigenvalue weighted by Gasteiger charge is 2.48. The molecule has 0 aliphatic carbocycles. The monoisotopic (exact) mass is 586 g/mol. The Hall–Kier alpha value is -4.37. The Morgan fingerprint density at radius 1 is 0.976 bits per heavy atom. The molecule has 5 rings (SSSR count). The number of nitrogens with zero attached hydrogens (tertiary/aromatic N) is 2. The zero-order valence-electron chi connectivity index (χ0n) is 24.4. The number of rotatable bonds is 10. The van der Waals surface area contributed by atoms with E-state index in [-0.39, 0.29) is 11.3 Å². The normalized spacial score (nSPS) is 16.3. The number of carbonyl (C=O) groups is 2. The van der Waals surface area contributed by atoms with Gasteiger partial charge in [-0.05, 0) is 67.8 Å². The molecule has 1 fully saturated rings. The number of unbranched alkanes of at least 4 members (excludes halogenated alkanes) is 2. The number of anilines is 1. The molecular weight excluding hydrogens is 552 g/mol. The maximum Gasteiger partial charge on any atom is 0.301 e. The number of methoxy groups -OCH3 is 2. The van der Waals surface area contributed by atoms with E-state index in [1.54, 1.807) is 38.5 Å². The lowest BCUT2D eigenvalue weighted by Crippen LogP contribution is -2.29. The first kappa shape index (κ1) is 29.1. The molecule has 0 bridgehead atoms. The van der Waals surface area contributed by atoms with Crippen LogP contribution in [0, 0.1) is 13.8 Å². The second-order valence-corrected chi connectivity index (χ2v) is 11.3. The molecule has 8 nitrogen and oxygen atoms in total. The van der Waals surface area contributed by atoms with Crippen molar-refractivity contribution in [2.75, 3.05) is 25.7 Å². The summed E-state index contributed by atoms with van der Waals surface area (Å²) in [5, 5.41) is 12.0. The molecule has 1 unspecified atom stereocenters. The van der Waals surface area contributed by atoms with Gasteiger partial charge in [-0.15, -0.1) is 0 Å². The Morgan fingerprint density at radius 2 is 1.79 bits per heavy atom. The fraction of sp³-hybridized carbons (Fsp3) is 0.303. The minimum Gasteiger partial charge on any atom is -0.507 e. The van der Waals surface area contributed by atoms with Gasteiger partial charge in [-0.1, -0.05) is 54.9 Å². The van der Waals surface area contributed by atoms with Crippen LogP contribution in [0.5, 0.6) is 17.2 Å². The van der Waals surface area contributed by atoms with Gasteiger partial charge in [0.2, 0.25) is 0 Å². The van der Waals surface area contributed by atoms with Gasteiger partial charge in [0.1, 0.15) is 11.5 Å². The molecule has 0 saturated carbocycles. The van der Waals surface area contributed by atoms with E-state index in [1.807, 2.05) is 44.2 Å². The summed E-state index contributed by atoms with van der Waals surface area (Å²) in [6, 6.07) is 15.5. The summed E-state index contributed by atoms with van der Waals surface area (Å²) in [5.41, 5.74) is 3.43. The number of carbonyl (C=O) groups excluding carboxylic acids is 2. The van der Waals surface area contributed by atoms with Gasteiger partial charge in [0.05, 0.1) is 42.7 Å². The van der Waals surface area contributed by atoms with Crippen LogP contribution in [-0.2, 0) is 9.59 Å². The van der Waals surface area contributed by atoms with Crippen LogP contribution in [0.25, 0.3) is 16.0 Å². The van der Waals surface area contributed by atoms with Crippen molar-refractivity contribution >= 4 is 44.1 Å². The van der Waals surface area contributed by atoms with Crippen LogP contribution >= 0.6 is 11.3 Å². The van der Waals surface area contributed by atoms with Crippen molar-refractivity contribution in [2.24, 2.45) is 0 Å². The molecule has 1 aliphatic heterocycles.